The molecule has 1 aromatic rings. The van der Waals surface area contributed by atoms with Crippen LogP contribution in [-0.4, -0.2) is 14.9 Å². The topological polar surface area (TPSA) is 38.1 Å². The van der Waals surface area contributed by atoms with Gasteiger partial charge < -0.3 is 5.11 Å². The van der Waals surface area contributed by atoms with Crippen molar-refractivity contribution in [2.75, 3.05) is 0 Å². The number of hydrogen-bond donors (Lipinski definition) is 1. The van der Waals surface area contributed by atoms with Crippen LogP contribution in [0.15, 0.2) is 0 Å². The number of aliphatic hydroxyl groups is 1. The molecule has 1 unspecified atom stereocenters. The lowest BCUT2D eigenvalue weighted by Crippen LogP contribution is -2.12. The lowest BCUT2D eigenvalue weighted by atomic mass is 9.90. The number of aromatic nitrogens is 2. The molecule has 3 nitrogen and oxygen atoms in total. The molecule has 0 saturated heterocycles. The van der Waals surface area contributed by atoms with Gasteiger partial charge in [0.15, 0.2) is 0 Å². The third-order valence-electron chi connectivity index (χ3n) is 3.36. The predicted molar refractivity (Wildman–Crippen MR) is 61.7 cm³/mol. The average Bonchev–Trinajstić information content (AvgIpc) is 2.43. The maximum Gasteiger partial charge on any atom is 0.0853 e. The fourth-order valence-corrected chi connectivity index (χ4v) is 2.19. The molecule has 0 aliphatic heterocycles. The Hall–Kier alpha value is -0.830. The molecule has 0 bridgehead atoms. The van der Waals surface area contributed by atoms with Gasteiger partial charge in [-0.1, -0.05) is 26.7 Å². The summed E-state index contributed by atoms with van der Waals surface area (Å²) < 4.78 is 1.84. The van der Waals surface area contributed by atoms with Crippen molar-refractivity contribution in [2.45, 2.75) is 46.6 Å². The van der Waals surface area contributed by atoms with Crippen molar-refractivity contribution in [3.63, 3.8) is 0 Å². The molecule has 86 valence electrons. The Kier molecular flexibility index (Phi) is 3.91. The molecule has 1 rings (SSSR count). The molecule has 0 spiro atoms. The summed E-state index contributed by atoms with van der Waals surface area (Å²) >= 11 is 0. The third kappa shape index (κ3) is 2.23. The fourth-order valence-electron chi connectivity index (χ4n) is 2.19. The summed E-state index contributed by atoms with van der Waals surface area (Å²) in [4.78, 5) is 0. The van der Waals surface area contributed by atoms with E-state index in [1.54, 1.807) is 0 Å². The molecule has 0 fully saturated rings. The minimum Gasteiger partial charge on any atom is -0.388 e. The van der Waals surface area contributed by atoms with Gasteiger partial charge in [-0.15, -0.1) is 0 Å². The van der Waals surface area contributed by atoms with Gasteiger partial charge in [-0.25, -0.2) is 0 Å². The van der Waals surface area contributed by atoms with Crippen molar-refractivity contribution in [1.29, 1.82) is 0 Å². The van der Waals surface area contributed by atoms with E-state index in [-0.39, 0.29) is 6.10 Å². The van der Waals surface area contributed by atoms with Crippen LogP contribution in [0.4, 0.5) is 0 Å². The average molecular weight is 210 g/mol. The Morgan fingerprint density at radius 2 is 1.80 bits per heavy atom. The molecule has 0 aliphatic rings. The van der Waals surface area contributed by atoms with Gasteiger partial charge in [0.1, 0.15) is 0 Å². The van der Waals surface area contributed by atoms with Crippen molar-refractivity contribution in [3.8, 4) is 0 Å². The molecule has 0 aromatic carbocycles. The van der Waals surface area contributed by atoms with Gasteiger partial charge in [0.25, 0.3) is 0 Å². The van der Waals surface area contributed by atoms with E-state index in [1.807, 2.05) is 25.6 Å². The van der Waals surface area contributed by atoms with Crippen LogP contribution >= 0.6 is 0 Å². The van der Waals surface area contributed by atoms with Crippen molar-refractivity contribution in [1.82, 2.24) is 9.78 Å². The summed E-state index contributed by atoms with van der Waals surface area (Å²) in [6.45, 7) is 8.23. The molecule has 1 N–H and O–H groups in total. The van der Waals surface area contributed by atoms with Crippen LogP contribution in [-0.2, 0) is 7.05 Å². The first-order chi connectivity index (χ1) is 7.02. The number of nitrogens with zero attached hydrogens (tertiary/aromatic N) is 2. The van der Waals surface area contributed by atoms with E-state index in [1.165, 1.54) is 0 Å². The van der Waals surface area contributed by atoms with E-state index in [0.29, 0.717) is 5.92 Å². The maximum atomic E-state index is 10.3. The zero-order chi connectivity index (χ0) is 11.6. The lowest BCUT2D eigenvalue weighted by Gasteiger charge is -2.20. The maximum absolute atomic E-state index is 10.3. The van der Waals surface area contributed by atoms with E-state index < -0.39 is 0 Å². The Morgan fingerprint density at radius 1 is 1.27 bits per heavy atom. The number of hydrogen-bond acceptors (Lipinski definition) is 2. The van der Waals surface area contributed by atoms with Crippen molar-refractivity contribution >= 4 is 0 Å². The molecule has 15 heavy (non-hydrogen) atoms. The summed E-state index contributed by atoms with van der Waals surface area (Å²) in [5.74, 6) is 0.339. The first kappa shape index (κ1) is 12.2. The molecule has 0 saturated carbocycles. The van der Waals surface area contributed by atoms with E-state index >= 15 is 0 Å². The van der Waals surface area contributed by atoms with Gasteiger partial charge in [-0.3, -0.25) is 4.68 Å². The molecular formula is C12H22N2O. The van der Waals surface area contributed by atoms with Gasteiger partial charge in [0.05, 0.1) is 11.8 Å². The molecule has 1 atom stereocenters. The van der Waals surface area contributed by atoms with Crippen LogP contribution in [0.2, 0.25) is 0 Å². The van der Waals surface area contributed by atoms with Crippen LogP contribution in [0, 0.1) is 19.8 Å². The monoisotopic (exact) mass is 210 g/mol. The Morgan fingerprint density at radius 3 is 2.13 bits per heavy atom. The van der Waals surface area contributed by atoms with E-state index in [2.05, 4.69) is 18.9 Å². The standard InChI is InChI=1S/C12H22N2O/c1-6-10(7-2)12(15)11-8(3)13-14(5)9(11)4/h10,12,15H,6-7H2,1-5H3. The highest BCUT2D eigenvalue weighted by Gasteiger charge is 2.23. The highest BCUT2D eigenvalue weighted by Crippen LogP contribution is 2.30. The smallest absolute Gasteiger partial charge is 0.0853 e. The zero-order valence-corrected chi connectivity index (χ0v) is 10.4. The fraction of sp³-hybridized carbons (Fsp3) is 0.750. The van der Waals surface area contributed by atoms with E-state index in [0.717, 1.165) is 29.8 Å². The molecular weight excluding hydrogens is 188 g/mol. The van der Waals surface area contributed by atoms with Crippen LogP contribution in [0.3, 0.4) is 0 Å². The van der Waals surface area contributed by atoms with Gasteiger partial charge in [0.2, 0.25) is 0 Å². The molecule has 0 radical (unpaired) electrons. The van der Waals surface area contributed by atoms with Crippen molar-refractivity contribution in [3.05, 3.63) is 17.0 Å². The summed E-state index contributed by atoms with van der Waals surface area (Å²) in [5.41, 5.74) is 3.05. The summed E-state index contributed by atoms with van der Waals surface area (Å²) in [7, 11) is 1.92. The van der Waals surface area contributed by atoms with Gasteiger partial charge in [-0.2, -0.15) is 5.10 Å². The Balaban J connectivity index is 3.04. The SMILES string of the molecule is CCC(CC)C(O)c1c(C)nn(C)c1C. The van der Waals surface area contributed by atoms with E-state index in [4.69, 9.17) is 0 Å². The summed E-state index contributed by atoms with van der Waals surface area (Å²) in [6.07, 6.45) is 1.64. The Labute approximate surface area is 92.1 Å². The normalized spacial score (nSPS) is 13.5. The van der Waals surface area contributed by atoms with Gasteiger partial charge in [-0.05, 0) is 19.8 Å². The van der Waals surface area contributed by atoms with Crippen LogP contribution in [0.25, 0.3) is 0 Å². The first-order valence-corrected chi connectivity index (χ1v) is 5.71. The zero-order valence-electron chi connectivity index (χ0n) is 10.4. The molecule has 1 aromatic heterocycles. The lowest BCUT2D eigenvalue weighted by molar-refractivity contribution is 0.102. The predicted octanol–water partition coefficient (Wildman–Crippen LogP) is 2.51. The highest BCUT2D eigenvalue weighted by molar-refractivity contribution is 5.27. The first-order valence-electron chi connectivity index (χ1n) is 5.71. The molecule has 0 amide bonds. The van der Waals surface area contributed by atoms with Crippen LogP contribution in [0.1, 0.15) is 49.7 Å². The molecule has 0 aliphatic carbocycles. The van der Waals surface area contributed by atoms with Gasteiger partial charge >= 0.3 is 0 Å². The van der Waals surface area contributed by atoms with Crippen LogP contribution < -0.4 is 0 Å². The highest BCUT2D eigenvalue weighted by atomic mass is 16.3. The van der Waals surface area contributed by atoms with Crippen molar-refractivity contribution in [2.24, 2.45) is 13.0 Å². The summed E-state index contributed by atoms with van der Waals surface area (Å²) in [6, 6.07) is 0. The summed E-state index contributed by atoms with van der Waals surface area (Å²) in [5, 5.41) is 14.6. The Bertz CT molecular complexity index is 327. The second kappa shape index (κ2) is 4.79. The quantitative estimate of drug-likeness (QED) is 0.829. The number of aliphatic hydroxyl groups excluding tert-OH is 1. The van der Waals surface area contributed by atoms with Crippen LogP contribution in [0.5, 0.6) is 0 Å². The second-order valence-corrected chi connectivity index (χ2v) is 4.23. The molecule has 3 heteroatoms. The minimum absolute atomic E-state index is 0.339. The number of rotatable bonds is 4. The van der Waals surface area contributed by atoms with E-state index in [9.17, 15) is 5.11 Å². The number of aryl methyl sites for hydroxylation is 2. The third-order valence-corrected chi connectivity index (χ3v) is 3.36. The molecule has 1 heterocycles. The minimum atomic E-state index is -0.367. The largest absolute Gasteiger partial charge is 0.388 e. The second-order valence-electron chi connectivity index (χ2n) is 4.23. The van der Waals surface area contributed by atoms with Gasteiger partial charge in [0, 0.05) is 18.3 Å². The van der Waals surface area contributed by atoms with Crippen molar-refractivity contribution < 1.29 is 5.11 Å².